The second-order valence-electron chi connectivity index (χ2n) is 3.46. The molecule has 2 rings (SSSR count). The SMILES string of the molecule is Cc1nnc(SCC(=O)c2cc(F)ccc2O)s1. The number of carbonyl (C=O) groups excluding carboxylic acids is 1. The van der Waals surface area contributed by atoms with Crippen molar-refractivity contribution in [3.8, 4) is 5.75 Å². The number of thioether (sulfide) groups is 1. The predicted molar refractivity (Wildman–Crippen MR) is 67.8 cm³/mol. The largest absolute Gasteiger partial charge is 0.507 e. The molecule has 0 bridgehead atoms. The van der Waals surface area contributed by atoms with E-state index in [1.54, 1.807) is 0 Å². The van der Waals surface area contributed by atoms with Gasteiger partial charge in [0.05, 0.1) is 11.3 Å². The van der Waals surface area contributed by atoms with E-state index in [4.69, 9.17) is 0 Å². The van der Waals surface area contributed by atoms with Crippen LogP contribution in [0, 0.1) is 12.7 Å². The van der Waals surface area contributed by atoms with Crippen LogP contribution < -0.4 is 0 Å². The Labute approximate surface area is 111 Å². The van der Waals surface area contributed by atoms with Gasteiger partial charge in [0.25, 0.3) is 0 Å². The minimum absolute atomic E-state index is 0.0104. The average molecular weight is 284 g/mol. The summed E-state index contributed by atoms with van der Waals surface area (Å²) in [6, 6.07) is 3.30. The summed E-state index contributed by atoms with van der Waals surface area (Å²) in [6.45, 7) is 1.82. The molecule has 0 saturated heterocycles. The number of phenolic OH excluding ortho intramolecular Hbond substituents is 1. The number of aryl methyl sites for hydroxylation is 1. The van der Waals surface area contributed by atoms with Gasteiger partial charge in [-0.25, -0.2) is 4.39 Å². The van der Waals surface area contributed by atoms with Crippen LogP contribution in [0.15, 0.2) is 22.5 Å². The molecule has 1 aromatic carbocycles. The van der Waals surface area contributed by atoms with Crippen LogP contribution in [0.2, 0.25) is 0 Å². The van der Waals surface area contributed by atoms with Crippen LogP contribution in [-0.2, 0) is 0 Å². The van der Waals surface area contributed by atoms with Gasteiger partial charge in [-0.05, 0) is 25.1 Å². The summed E-state index contributed by atoms with van der Waals surface area (Å²) in [6.07, 6.45) is 0. The minimum Gasteiger partial charge on any atom is -0.507 e. The number of benzene rings is 1. The van der Waals surface area contributed by atoms with Crippen molar-refractivity contribution in [3.05, 3.63) is 34.6 Å². The highest BCUT2D eigenvalue weighted by Crippen LogP contribution is 2.25. The third-order valence-electron chi connectivity index (χ3n) is 2.09. The molecule has 0 amide bonds. The third-order valence-corrected chi connectivity index (χ3v) is 4.07. The summed E-state index contributed by atoms with van der Waals surface area (Å²) < 4.78 is 13.7. The van der Waals surface area contributed by atoms with Gasteiger partial charge >= 0.3 is 0 Å². The van der Waals surface area contributed by atoms with E-state index in [1.807, 2.05) is 6.92 Å². The van der Waals surface area contributed by atoms with Crippen LogP contribution in [0.25, 0.3) is 0 Å². The lowest BCUT2D eigenvalue weighted by Gasteiger charge is -2.02. The van der Waals surface area contributed by atoms with Gasteiger partial charge in [-0.3, -0.25) is 4.79 Å². The summed E-state index contributed by atoms with van der Waals surface area (Å²) in [5.74, 6) is -1.01. The Bertz CT molecular complexity index is 586. The monoisotopic (exact) mass is 284 g/mol. The number of hydrogen-bond donors (Lipinski definition) is 1. The van der Waals surface area contributed by atoms with E-state index in [0.717, 1.165) is 17.1 Å². The molecule has 94 valence electrons. The predicted octanol–water partition coefficient (Wildman–Crippen LogP) is 2.67. The lowest BCUT2D eigenvalue weighted by molar-refractivity contribution is 0.101. The Morgan fingerprint density at radius 3 is 2.94 bits per heavy atom. The van der Waals surface area contributed by atoms with Crippen molar-refractivity contribution in [2.75, 3.05) is 5.75 Å². The van der Waals surface area contributed by atoms with Crippen molar-refractivity contribution < 1.29 is 14.3 Å². The molecule has 1 aromatic heterocycles. The highest BCUT2D eigenvalue weighted by atomic mass is 32.2. The van der Waals surface area contributed by atoms with Gasteiger partial charge in [0.2, 0.25) is 0 Å². The van der Waals surface area contributed by atoms with Gasteiger partial charge in [0.15, 0.2) is 10.1 Å². The molecule has 0 atom stereocenters. The number of carbonyl (C=O) groups is 1. The van der Waals surface area contributed by atoms with E-state index < -0.39 is 5.82 Å². The van der Waals surface area contributed by atoms with Crippen LogP contribution in [0.1, 0.15) is 15.4 Å². The first-order valence-electron chi connectivity index (χ1n) is 5.01. The van der Waals surface area contributed by atoms with Crippen LogP contribution in [-0.4, -0.2) is 26.8 Å². The summed E-state index contributed by atoms with van der Waals surface area (Å²) >= 11 is 2.60. The Morgan fingerprint density at radius 1 is 1.50 bits per heavy atom. The van der Waals surface area contributed by atoms with E-state index in [2.05, 4.69) is 10.2 Å². The van der Waals surface area contributed by atoms with E-state index >= 15 is 0 Å². The Kier molecular flexibility index (Phi) is 3.93. The van der Waals surface area contributed by atoms with E-state index in [1.165, 1.54) is 29.2 Å². The molecule has 0 unspecified atom stereocenters. The van der Waals surface area contributed by atoms with Crippen molar-refractivity contribution in [1.82, 2.24) is 10.2 Å². The Hall–Kier alpha value is -1.47. The number of aromatic nitrogens is 2. The smallest absolute Gasteiger partial charge is 0.176 e. The quantitative estimate of drug-likeness (QED) is 0.691. The Morgan fingerprint density at radius 2 is 2.28 bits per heavy atom. The van der Waals surface area contributed by atoms with Crippen LogP contribution in [0.4, 0.5) is 4.39 Å². The zero-order chi connectivity index (χ0) is 13.1. The molecule has 0 saturated carbocycles. The Balaban J connectivity index is 2.05. The maximum absolute atomic E-state index is 13.0. The minimum atomic E-state index is -0.548. The lowest BCUT2D eigenvalue weighted by atomic mass is 10.1. The molecular weight excluding hydrogens is 275 g/mol. The van der Waals surface area contributed by atoms with E-state index in [-0.39, 0.29) is 22.8 Å². The zero-order valence-corrected chi connectivity index (χ0v) is 11.0. The van der Waals surface area contributed by atoms with Gasteiger partial charge in [0.1, 0.15) is 16.6 Å². The molecule has 1 heterocycles. The van der Waals surface area contributed by atoms with Crippen molar-refractivity contribution in [1.29, 1.82) is 0 Å². The van der Waals surface area contributed by atoms with Gasteiger partial charge in [-0.15, -0.1) is 10.2 Å². The highest BCUT2D eigenvalue weighted by Gasteiger charge is 2.13. The highest BCUT2D eigenvalue weighted by molar-refractivity contribution is 8.01. The van der Waals surface area contributed by atoms with Crippen LogP contribution in [0.5, 0.6) is 5.75 Å². The number of Topliss-reactive ketones (excluding diaryl/α,β-unsaturated/α-hetero) is 1. The molecule has 1 N–H and O–H groups in total. The number of ketones is 1. The van der Waals surface area contributed by atoms with Crippen molar-refractivity contribution >= 4 is 28.9 Å². The first kappa shape index (κ1) is 13.0. The number of nitrogens with zero attached hydrogens (tertiary/aromatic N) is 2. The van der Waals surface area contributed by atoms with Crippen LogP contribution >= 0.6 is 23.1 Å². The molecule has 0 spiro atoms. The van der Waals surface area contributed by atoms with Crippen molar-refractivity contribution in [2.45, 2.75) is 11.3 Å². The van der Waals surface area contributed by atoms with Gasteiger partial charge in [-0.1, -0.05) is 23.1 Å². The molecule has 0 aliphatic rings. The zero-order valence-electron chi connectivity index (χ0n) is 9.38. The standard InChI is InChI=1S/C11H9FN2O2S2/c1-6-13-14-11(18-6)17-5-10(16)8-4-7(12)2-3-9(8)15/h2-4,15H,5H2,1H3. The van der Waals surface area contributed by atoms with Crippen LogP contribution in [0.3, 0.4) is 0 Å². The summed E-state index contributed by atoms with van der Waals surface area (Å²) in [5.41, 5.74) is -0.0104. The molecule has 0 fully saturated rings. The molecule has 0 aliphatic heterocycles. The first-order valence-corrected chi connectivity index (χ1v) is 6.81. The molecule has 0 radical (unpaired) electrons. The summed E-state index contributed by atoms with van der Waals surface area (Å²) in [5, 5.41) is 18.0. The van der Waals surface area contributed by atoms with Gasteiger partial charge in [-0.2, -0.15) is 0 Å². The van der Waals surface area contributed by atoms with Gasteiger partial charge in [0, 0.05) is 0 Å². The lowest BCUT2D eigenvalue weighted by Crippen LogP contribution is -2.03. The third kappa shape index (κ3) is 3.05. The number of rotatable bonds is 4. The molecule has 18 heavy (non-hydrogen) atoms. The second kappa shape index (κ2) is 5.45. The number of phenols is 1. The molecule has 2 aromatic rings. The topological polar surface area (TPSA) is 63.1 Å². The fraction of sp³-hybridized carbons (Fsp3) is 0.182. The summed E-state index contributed by atoms with van der Waals surface area (Å²) in [4.78, 5) is 11.8. The fourth-order valence-corrected chi connectivity index (χ4v) is 2.97. The van der Waals surface area contributed by atoms with E-state index in [0.29, 0.717) is 4.34 Å². The molecule has 7 heteroatoms. The molecule has 4 nitrogen and oxygen atoms in total. The second-order valence-corrected chi connectivity index (χ2v) is 5.86. The summed E-state index contributed by atoms with van der Waals surface area (Å²) in [7, 11) is 0. The fourth-order valence-electron chi connectivity index (χ4n) is 1.27. The normalized spacial score (nSPS) is 10.6. The van der Waals surface area contributed by atoms with Crippen molar-refractivity contribution in [2.24, 2.45) is 0 Å². The number of hydrogen-bond acceptors (Lipinski definition) is 6. The molecular formula is C11H9FN2O2S2. The molecule has 0 aliphatic carbocycles. The first-order chi connectivity index (χ1) is 8.56. The maximum Gasteiger partial charge on any atom is 0.176 e. The van der Waals surface area contributed by atoms with E-state index in [9.17, 15) is 14.3 Å². The average Bonchev–Trinajstić information content (AvgIpc) is 2.75. The van der Waals surface area contributed by atoms with Crippen molar-refractivity contribution in [3.63, 3.8) is 0 Å². The number of aromatic hydroxyl groups is 1. The van der Waals surface area contributed by atoms with Gasteiger partial charge < -0.3 is 5.11 Å². The number of halogens is 1. The maximum atomic E-state index is 13.0.